The summed E-state index contributed by atoms with van der Waals surface area (Å²) < 4.78 is 16.6. The third-order valence-electron chi connectivity index (χ3n) is 5.70. The number of halogens is 2. The number of benzene rings is 1. The van der Waals surface area contributed by atoms with Gasteiger partial charge in [-0.2, -0.15) is 0 Å². The van der Waals surface area contributed by atoms with Crippen LogP contribution in [-0.4, -0.2) is 36.3 Å². The van der Waals surface area contributed by atoms with Crippen LogP contribution in [0.5, 0.6) is 11.5 Å². The van der Waals surface area contributed by atoms with Gasteiger partial charge >= 0.3 is 5.97 Å². The van der Waals surface area contributed by atoms with Crippen molar-refractivity contribution in [1.29, 1.82) is 0 Å². The summed E-state index contributed by atoms with van der Waals surface area (Å²) in [6.45, 7) is 0. The summed E-state index contributed by atoms with van der Waals surface area (Å²) in [7, 11) is 2.77. The minimum Gasteiger partial charge on any atom is -0.493 e. The standard InChI is InChI=1S/C23H22Cl2N2O5/c1-30-19-9-18-13(8-20(19)32-12-5-3-4-6-12)14(21(22(28)27-18)23(29)31-2)7-15-16(24)10-26-11-17(15)25/h8-12H,3-7H2,1-2H3,(H,27,28). The number of hydrogen-bond acceptors (Lipinski definition) is 6. The van der Waals surface area contributed by atoms with E-state index in [-0.39, 0.29) is 18.1 Å². The monoisotopic (exact) mass is 476 g/mol. The van der Waals surface area contributed by atoms with Crippen molar-refractivity contribution < 1.29 is 19.0 Å². The van der Waals surface area contributed by atoms with E-state index in [1.54, 1.807) is 19.2 Å². The number of aromatic amines is 1. The molecule has 7 nitrogen and oxygen atoms in total. The molecule has 0 bridgehead atoms. The molecule has 32 heavy (non-hydrogen) atoms. The molecule has 0 radical (unpaired) electrons. The first-order chi connectivity index (χ1) is 15.4. The lowest BCUT2D eigenvalue weighted by Gasteiger charge is -2.19. The molecule has 0 saturated heterocycles. The number of esters is 1. The molecule has 0 atom stereocenters. The minimum atomic E-state index is -0.751. The molecule has 2 aromatic heterocycles. The number of methoxy groups -OCH3 is 2. The van der Waals surface area contributed by atoms with Crippen molar-refractivity contribution in [1.82, 2.24) is 9.97 Å². The molecular weight excluding hydrogens is 455 g/mol. The second kappa shape index (κ2) is 9.38. The van der Waals surface area contributed by atoms with Crippen LogP contribution in [-0.2, 0) is 11.2 Å². The lowest BCUT2D eigenvalue weighted by atomic mass is 9.96. The summed E-state index contributed by atoms with van der Waals surface area (Å²) in [6, 6.07) is 3.48. The molecule has 0 unspecified atom stereocenters. The van der Waals surface area contributed by atoms with Crippen LogP contribution in [0.25, 0.3) is 10.9 Å². The Bertz CT molecular complexity index is 1220. The summed E-state index contributed by atoms with van der Waals surface area (Å²) in [5.41, 5.74) is 0.793. The molecule has 1 aromatic carbocycles. The first-order valence-corrected chi connectivity index (χ1v) is 11.0. The average Bonchev–Trinajstić information content (AvgIpc) is 3.28. The van der Waals surface area contributed by atoms with Crippen LogP contribution in [0.2, 0.25) is 10.0 Å². The fraction of sp³-hybridized carbons (Fsp3) is 0.348. The number of nitrogens with one attached hydrogen (secondary N) is 1. The predicted octanol–water partition coefficient (Wildman–Crippen LogP) is 4.94. The van der Waals surface area contributed by atoms with Crippen LogP contribution < -0.4 is 15.0 Å². The maximum Gasteiger partial charge on any atom is 0.343 e. The Balaban J connectivity index is 1.96. The molecule has 1 saturated carbocycles. The van der Waals surface area contributed by atoms with Gasteiger partial charge in [0.25, 0.3) is 5.56 Å². The van der Waals surface area contributed by atoms with Crippen LogP contribution in [0.4, 0.5) is 0 Å². The van der Waals surface area contributed by atoms with Gasteiger partial charge in [0.1, 0.15) is 5.56 Å². The third kappa shape index (κ3) is 4.27. The summed E-state index contributed by atoms with van der Waals surface area (Å²) in [4.78, 5) is 32.2. The maximum atomic E-state index is 12.9. The normalized spacial score (nSPS) is 14.0. The Morgan fingerprint density at radius 1 is 1.09 bits per heavy atom. The van der Waals surface area contributed by atoms with E-state index in [2.05, 4.69) is 9.97 Å². The molecule has 1 fully saturated rings. The van der Waals surface area contributed by atoms with E-state index in [1.165, 1.54) is 19.5 Å². The first kappa shape index (κ1) is 22.4. The van der Waals surface area contributed by atoms with Gasteiger partial charge in [0.2, 0.25) is 0 Å². The van der Waals surface area contributed by atoms with E-state index in [0.717, 1.165) is 25.7 Å². The molecule has 3 aromatic rings. The van der Waals surface area contributed by atoms with Crippen molar-refractivity contribution in [3.63, 3.8) is 0 Å². The minimum absolute atomic E-state index is 0.0942. The van der Waals surface area contributed by atoms with Gasteiger partial charge in [-0.15, -0.1) is 0 Å². The van der Waals surface area contributed by atoms with Gasteiger partial charge in [-0.25, -0.2) is 4.79 Å². The Labute approximate surface area is 194 Å². The highest BCUT2D eigenvalue weighted by atomic mass is 35.5. The highest BCUT2D eigenvalue weighted by Gasteiger charge is 2.25. The van der Waals surface area contributed by atoms with Gasteiger partial charge in [-0.3, -0.25) is 9.78 Å². The Morgan fingerprint density at radius 3 is 2.41 bits per heavy atom. The Hall–Kier alpha value is -2.77. The van der Waals surface area contributed by atoms with E-state index in [4.69, 9.17) is 37.4 Å². The topological polar surface area (TPSA) is 90.5 Å². The van der Waals surface area contributed by atoms with Crippen molar-refractivity contribution in [2.75, 3.05) is 14.2 Å². The second-order valence-corrected chi connectivity index (χ2v) is 8.45. The van der Waals surface area contributed by atoms with Gasteiger partial charge in [0.05, 0.1) is 35.9 Å². The molecule has 0 spiro atoms. The summed E-state index contributed by atoms with van der Waals surface area (Å²) in [5, 5.41) is 1.28. The summed E-state index contributed by atoms with van der Waals surface area (Å²) >= 11 is 12.7. The molecule has 4 rings (SSSR count). The van der Waals surface area contributed by atoms with Gasteiger partial charge in [-0.1, -0.05) is 23.2 Å². The van der Waals surface area contributed by atoms with E-state index in [1.807, 2.05) is 0 Å². The number of H-pyrrole nitrogens is 1. The van der Waals surface area contributed by atoms with Crippen molar-refractivity contribution in [2.45, 2.75) is 38.2 Å². The number of carbonyl (C=O) groups is 1. The molecule has 0 aliphatic heterocycles. The third-order valence-corrected chi connectivity index (χ3v) is 6.35. The molecule has 1 N–H and O–H groups in total. The van der Waals surface area contributed by atoms with Crippen LogP contribution in [0.3, 0.4) is 0 Å². The second-order valence-electron chi connectivity index (χ2n) is 7.63. The van der Waals surface area contributed by atoms with Crippen LogP contribution in [0.1, 0.15) is 47.2 Å². The van der Waals surface area contributed by atoms with Crippen molar-refractivity contribution in [2.24, 2.45) is 0 Å². The van der Waals surface area contributed by atoms with Crippen LogP contribution in [0, 0.1) is 0 Å². The average molecular weight is 477 g/mol. The predicted molar refractivity (Wildman–Crippen MR) is 122 cm³/mol. The van der Waals surface area contributed by atoms with Gasteiger partial charge in [0.15, 0.2) is 11.5 Å². The first-order valence-electron chi connectivity index (χ1n) is 10.2. The Morgan fingerprint density at radius 2 is 1.78 bits per heavy atom. The van der Waals surface area contributed by atoms with Crippen molar-refractivity contribution in [3.05, 3.63) is 61.6 Å². The number of hydrogen-bond donors (Lipinski definition) is 1. The fourth-order valence-corrected chi connectivity index (χ4v) is 4.59. The highest BCUT2D eigenvalue weighted by Crippen LogP contribution is 2.37. The molecule has 0 amide bonds. The van der Waals surface area contributed by atoms with Crippen molar-refractivity contribution in [3.8, 4) is 11.5 Å². The lowest BCUT2D eigenvalue weighted by molar-refractivity contribution is 0.0598. The molecular formula is C23H22Cl2N2O5. The number of nitrogens with zero attached hydrogens (tertiary/aromatic N) is 1. The van der Waals surface area contributed by atoms with E-state index < -0.39 is 11.5 Å². The van der Waals surface area contributed by atoms with E-state index >= 15 is 0 Å². The van der Waals surface area contributed by atoms with E-state index in [0.29, 0.717) is 43.6 Å². The smallest absolute Gasteiger partial charge is 0.343 e. The highest BCUT2D eigenvalue weighted by molar-refractivity contribution is 6.35. The zero-order valence-corrected chi connectivity index (χ0v) is 19.2. The van der Waals surface area contributed by atoms with Gasteiger partial charge < -0.3 is 19.2 Å². The number of carbonyl (C=O) groups excluding carboxylic acids is 1. The van der Waals surface area contributed by atoms with Gasteiger partial charge in [-0.05, 0) is 42.9 Å². The Kier molecular flexibility index (Phi) is 6.58. The summed E-state index contributed by atoms with van der Waals surface area (Å²) in [5.74, 6) is 0.290. The van der Waals surface area contributed by atoms with E-state index in [9.17, 15) is 9.59 Å². The molecule has 9 heteroatoms. The van der Waals surface area contributed by atoms with Crippen LogP contribution in [0.15, 0.2) is 29.3 Å². The summed E-state index contributed by atoms with van der Waals surface area (Å²) in [6.07, 6.45) is 7.32. The quantitative estimate of drug-likeness (QED) is 0.506. The zero-order chi connectivity index (χ0) is 22.8. The van der Waals surface area contributed by atoms with Gasteiger partial charge in [0, 0.05) is 30.3 Å². The molecule has 1 aliphatic carbocycles. The largest absolute Gasteiger partial charge is 0.493 e. The maximum absolute atomic E-state index is 12.9. The van der Waals surface area contributed by atoms with Crippen LogP contribution >= 0.6 is 23.2 Å². The SMILES string of the molecule is COC(=O)c1c(Cc2c(Cl)cncc2Cl)c2cc(OC3CCCC3)c(OC)cc2[nH]c1=O. The van der Waals surface area contributed by atoms with Crippen molar-refractivity contribution >= 4 is 40.1 Å². The lowest BCUT2D eigenvalue weighted by Crippen LogP contribution is -2.22. The number of fused-ring (bicyclic) bond motifs is 1. The number of pyridine rings is 2. The molecule has 1 aliphatic rings. The fourth-order valence-electron chi connectivity index (χ4n) is 4.09. The molecule has 168 valence electrons. The zero-order valence-electron chi connectivity index (χ0n) is 17.7. The number of ether oxygens (including phenoxy) is 3. The number of aromatic nitrogens is 2. The number of rotatable bonds is 6. The molecule has 2 heterocycles.